The summed E-state index contributed by atoms with van der Waals surface area (Å²) in [6, 6.07) is 9.40. The number of anilines is 1. The van der Waals surface area contributed by atoms with Crippen molar-refractivity contribution >= 4 is 34.2 Å². The van der Waals surface area contributed by atoms with Crippen LogP contribution in [0.3, 0.4) is 0 Å². The molecular weight excluding hydrogens is 276 g/mol. The van der Waals surface area contributed by atoms with Crippen molar-refractivity contribution in [2.75, 3.05) is 18.8 Å². The number of Topliss-reactive ketones (excluding diaryl/α,β-unsaturated/α-hetero) is 1. The van der Waals surface area contributed by atoms with Gasteiger partial charge in [-0.05, 0) is 24.8 Å². The molecule has 0 bridgehead atoms. The van der Waals surface area contributed by atoms with Crippen LogP contribution in [0, 0.1) is 0 Å². The highest BCUT2D eigenvalue weighted by Gasteiger charge is 2.11. The van der Waals surface area contributed by atoms with Gasteiger partial charge in [0.2, 0.25) is 0 Å². The lowest BCUT2D eigenvalue weighted by Crippen LogP contribution is -2.12. The first-order chi connectivity index (χ1) is 9.67. The number of carbonyl (C=O) groups excluding carboxylic acids is 2. The van der Waals surface area contributed by atoms with E-state index < -0.39 is 0 Å². The average Bonchev–Trinajstić information content (AvgIpc) is 2.48. The highest BCUT2D eigenvalue weighted by atomic mass is 32.2. The van der Waals surface area contributed by atoms with Gasteiger partial charge in [-0.15, -0.1) is 11.8 Å². The first-order valence-electron chi connectivity index (χ1n) is 6.20. The van der Waals surface area contributed by atoms with Gasteiger partial charge >= 0.3 is 5.97 Å². The Kier molecular flexibility index (Phi) is 7.42. The number of rotatable bonds is 7. The zero-order chi connectivity index (χ0) is 14.8. The molecule has 0 unspecified atom stereocenters. The molecule has 20 heavy (non-hydrogen) atoms. The Morgan fingerprint density at radius 3 is 2.55 bits per heavy atom. The van der Waals surface area contributed by atoms with Gasteiger partial charge in [0.05, 0.1) is 12.8 Å². The van der Waals surface area contributed by atoms with E-state index in [9.17, 15) is 9.59 Å². The van der Waals surface area contributed by atoms with Crippen molar-refractivity contribution in [1.82, 2.24) is 0 Å². The fraction of sp³-hybridized carbons (Fsp3) is 0.357. The standard InChI is InChI=1S/C14H18N2O3S/c1-19-13(18)10-6-9-12(17)14(20-2)16-15-11-7-4-3-5-8-11/h3-5,7-8,15H,6,9-10H2,1-2H3/b16-14+. The molecular formula is C14H18N2O3S. The largest absolute Gasteiger partial charge is 0.469 e. The number of hydrazone groups is 1. The number of carbonyl (C=O) groups is 2. The molecule has 1 N–H and O–H groups in total. The van der Waals surface area contributed by atoms with Gasteiger partial charge in [-0.2, -0.15) is 5.10 Å². The van der Waals surface area contributed by atoms with Gasteiger partial charge in [0.1, 0.15) is 0 Å². The second-order valence-electron chi connectivity index (χ2n) is 3.95. The summed E-state index contributed by atoms with van der Waals surface area (Å²) in [4.78, 5) is 22.9. The molecule has 0 atom stereocenters. The predicted octanol–water partition coefficient (Wildman–Crippen LogP) is 2.69. The first-order valence-corrected chi connectivity index (χ1v) is 7.42. The summed E-state index contributed by atoms with van der Waals surface area (Å²) >= 11 is 1.28. The predicted molar refractivity (Wildman–Crippen MR) is 81.9 cm³/mol. The molecule has 6 heteroatoms. The molecule has 0 spiro atoms. The van der Waals surface area contributed by atoms with Gasteiger partial charge in [0.25, 0.3) is 0 Å². The fourth-order valence-corrected chi connectivity index (χ4v) is 1.92. The summed E-state index contributed by atoms with van der Waals surface area (Å²) in [5.41, 5.74) is 3.66. The highest BCUT2D eigenvalue weighted by Crippen LogP contribution is 2.09. The third-order valence-electron chi connectivity index (χ3n) is 2.50. The minimum absolute atomic E-state index is 0.0789. The summed E-state index contributed by atoms with van der Waals surface area (Å²) < 4.78 is 4.53. The van der Waals surface area contributed by atoms with Crippen LogP contribution in [0.4, 0.5) is 5.69 Å². The number of esters is 1. The maximum Gasteiger partial charge on any atom is 0.305 e. The molecule has 1 aromatic carbocycles. The third kappa shape index (κ3) is 5.88. The Morgan fingerprint density at radius 2 is 1.95 bits per heavy atom. The van der Waals surface area contributed by atoms with Crippen molar-refractivity contribution in [3.8, 4) is 0 Å². The van der Waals surface area contributed by atoms with Gasteiger partial charge in [0.15, 0.2) is 10.8 Å². The Labute approximate surface area is 122 Å². The molecule has 108 valence electrons. The van der Waals surface area contributed by atoms with E-state index in [0.29, 0.717) is 11.5 Å². The SMILES string of the molecule is COC(=O)CCCC(=O)/C(=N\Nc1ccccc1)SC. The first kappa shape index (κ1) is 16.2. The molecule has 0 aromatic heterocycles. The zero-order valence-electron chi connectivity index (χ0n) is 11.6. The molecule has 0 aliphatic rings. The van der Waals surface area contributed by atoms with Crippen LogP contribution < -0.4 is 5.43 Å². The molecule has 1 aromatic rings. The van der Waals surface area contributed by atoms with Gasteiger partial charge in [0, 0.05) is 12.8 Å². The molecule has 0 aliphatic heterocycles. The Balaban J connectivity index is 2.48. The lowest BCUT2D eigenvalue weighted by atomic mass is 10.2. The van der Waals surface area contributed by atoms with Crippen molar-refractivity contribution in [2.45, 2.75) is 19.3 Å². The molecule has 0 aliphatic carbocycles. The summed E-state index contributed by atoms with van der Waals surface area (Å²) in [5, 5.41) is 4.50. The molecule has 0 radical (unpaired) electrons. The van der Waals surface area contributed by atoms with Crippen LogP contribution in [0.15, 0.2) is 35.4 Å². The van der Waals surface area contributed by atoms with Gasteiger partial charge in [-0.3, -0.25) is 15.0 Å². The van der Waals surface area contributed by atoms with Crippen LogP contribution in [0.5, 0.6) is 0 Å². The van der Waals surface area contributed by atoms with E-state index in [4.69, 9.17) is 0 Å². The van der Waals surface area contributed by atoms with Crippen molar-refractivity contribution in [1.29, 1.82) is 0 Å². The van der Waals surface area contributed by atoms with Crippen LogP contribution in [0.2, 0.25) is 0 Å². The van der Waals surface area contributed by atoms with E-state index in [0.717, 1.165) is 5.69 Å². The van der Waals surface area contributed by atoms with Crippen LogP contribution in [-0.4, -0.2) is 30.2 Å². The number of hydrogen-bond donors (Lipinski definition) is 1. The van der Waals surface area contributed by atoms with Gasteiger partial charge < -0.3 is 4.74 Å². The Bertz CT molecular complexity index is 475. The average molecular weight is 294 g/mol. The molecule has 0 saturated carbocycles. The molecule has 0 fully saturated rings. The molecule has 5 nitrogen and oxygen atoms in total. The highest BCUT2D eigenvalue weighted by molar-refractivity contribution is 8.15. The van der Waals surface area contributed by atoms with Crippen LogP contribution in [0.1, 0.15) is 19.3 Å². The van der Waals surface area contributed by atoms with Gasteiger partial charge in [-0.25, -0.2) is 0 Å². The molecule has 1 rings (SSSR count). The molecule has 0 amide bonds. The number of ether oxygens (including phenoxy) is 1. The number of nitrogens with zero attached hydrogens (tertiary/aromatic N) is 1. The number of nitrogens with one attached hydrogen (secondary N) is 1. The van der Waals surface area contributed by atoms with Crippen LogP contribution in [-0.2, 0) is 14.3 Å². The third-order valence-corrected chi connectivity index (χ3v) is 3.21. The van der Waals surface area contributed by atoms with Crippen molar-refractivity contribution in [2.24, 2.45) is 5.10 Å². The number of hydrogen-bond acceptors (Lipinski definition) is 6. The number of thioether (sulfide) groups is 1. The minimum Gasteiger partial charge on any atom is -0.469 e. The van der Waals surface area contributed by atoms with Crippen LogP contribution in [0.25, 0.3) is 0 Å². The second kappa shape index (κ2) is 9.14. The second-order valence-corrected chi connectivity index (χ2v) is 4.75. The van der Waals surface area contributed by atoms with E-state index in [-0.39, 0.29) is 24.6 Å². The molecule has 0 heterocycles. The monoisotopic (exact) mass is 294 g/mol. The van der Waals surface area contributed by atoms with Gasteiger partial charge in [-0.1, -0.05) is 18.2 Å². The fourth-order valence-electron chi connectivity index (χ4n) is 1.45. The summed E-state index contributed by atoms with van der Waals surface area (Å²) in [5.74, 6) is -0.382. The normalized spacial score (nSPS) is 11.0. The molecule has 0 saturated heterocycles. The summed E-state index contributed by atoms with van der Waals surface area (Å²) in [6.07, 6.45) is 2.79. The number of ketones is 1. The lowest BCUT2D eigenvalue weighted by Gasteiger charge is -2.04. The summed E-state index contributed by atoms with van der Waals surface area (Å²) in [6.45, 7) is 0. The Hall–Kier alpha value is -1.82. The van der Waals surface area contributed by atoms with E-state index in [1.54, 1.807) is 6.26 Å². The zero-order valence-corrected chi connectivity index (χ0v) is 12.4. The van der Waals surface area contributed by atoms with Crippen molar-refractivity contribution < 1.29 is 14.3 Å². The van der Waals surface area contributed by atoms with E-state index in [1.807, 2.05) is 30.3 Å². The maximum atomic E-state index is 11.9. The maximum absolute atomic E-state index is 11.9. The van der Waals surface area contributed by atoms with E-state index in [1.165, 1.54) is 18.9 Å². The number of benzene rings is 1. The topological polar surface area (TPSA) is 67.8 Å². The lowest BCUT2D eigenvalue weighted by molar-refractivity contribution is -0.140. The van der Waals surface area contributed by atoms with Crippen molar-refractivity contribution in [3.63, 3.8) is 0 Å². The van der Waals surface area contributed by atoms with E-state index in [2.05, 4.69) is 15.3 Å². The number of methoxy groups -OCH3 is 1. The summed E-state index contributed by atoms with van der Waals surface area (Å²) in [7, 11) is 1.34. The van der Waals surface area contributed by atoms with E-state index >= 15 is 0 Å². The smallest absolute Gasteiger partial charge is 0.305 e. The quantitative estimate of drug-likeness (QED) is 0.362. The minimum atomic E-state index is -0.303. The number of para-hydroxylation sites is 1. The Morgan fingerprint density at radius 1 is 1.25 bits per heavy atom. The van der Waals surface area contributed by atoms with Crippen molar-refractivity contribution in [3.05, 3.63) is 30.3 Å². The van der Waals surface area contributed by atoms with Crippen LogP contribution >= 0.6 is 11.8 Å².